The van der Waals surface area contributed by atoms with Gasteiger partial charge in [-0.3, -0.25) is 4.98 Å². The number of hydrogen-bond donors (Lipinski definition) is 1. The van der Waals surface area contributed by atoms with Gasteiger partial charge in [0.1, 0.15) is 29.1 Å². The van der Waals surface area contributed by atoms with E-state index in [0.717, 1.165) is 31.3 Å². The molecule has 0 spiro atoms. The van der Waals surface area contributed by atoms with Crippen molar-refractivity contribution in [2.75, 3.05) is 48.0 Å². The first kappa shape index (κ1) is 26.1. The number of rotatable bonds is 5. The molecule has 2 aliphatic heterocycles. The summed E-state index contributed by atoms with van der Waals surface area (Å²) in [5.74, 6) is -1.27. The molecule has 2 fully saturated rings. The predicted octanol–water partition coefficient (Wildman–Crippen LogP) is 5.11. The molecule has 1 atom stereocenters. The number of benzene rings is 1. The maximum Gasteiger partial charge on any atom is 0.329 e. The van der Waals surface area contributed by atoms with E-state index in [-0.39, 0.29) is 16.9 Å². The normalized spacial score (nSPS) is 18.2. The Morgan fingerprint density at radius 2 is 1.89 bits per heavy atom. The van der Waals surface area contributed by atoms with Crippen LogP contribution in [0.15, 0.2) is 30.6 Å². The van der Waals surface area contributed by atoms with Gasteiger partial charge in [0.25, 0.3) is 0 Å². The number of ether oxygens (including phenoxy) is 2. The van der Waals surface area contributed by atoms with Crippen LogP contribution in [0.2, 0.25) is 0 Å². The highest BCUT2D eigenvalue weighted by Gasteiger charge is 2.36. The molecule has 1 aromatic carbocycles. The van der Waals surface area contributed by atoms with Gasteiger partial charge in [0, 0.05) is 37.3 Å². The fourth-order valence-electron chi connectivity index (χ4n) is 5.10. The highest BCUT2D eigenvalue weighted by molar-refractivity contribution is 5.98. The molecule has 0 bridgehead atoms. The Morgan fingerprint density at radius 1 is 1.13 bits per heavy atom. The van der Waals surface area contributed by atoms with E-state index >= 15 is 4.39 Å². The van der Waals surface area contributed by atoms with Crippen LogP contribution in [0, 0.1) is 18.6 Å². The summed E-state index contributed by atoms with van der Waals surface area (Å²) in [4.78, 5) is 26.2. The minimum Gasteiger partial charge on any atom is -0.458 e. The molecule has 0 saturated carbocycles. The van der Waals surface area contributed by atoms with Gasteiger partial charge in [-0.1, -0.05) is 0 Å². The van der Waals surface area contributed by atoms with Crippen LogP contribution < -0.4 is 15.1 Å². The second-order valence-corrected chi connectivity index (χ2v) is 10.8. The summed E-state index contributed by atoms with van der Waals surface area (Å²) < 4.78 is 40.6. The second kappa shape index (κ2) is 10.3. The number of morpholine rings is 1. The molecule has 5 rings (SSSR count). The van der Waals surface area contributed by atoms with Gasteiger partial charge in [0.15, 0.2) is 0 Å². The van der Waals surface area contributed by atoms with Crippen LogP contribution in [0.1, 0.15) is 39.2 Å². The topological polar surface area (TPSA) is 79.8 Å². The van der Waals surface area contributed by atoms with Gasteiger partial charge in [-0.15, -0.1) is 0 Å². The molecule has 2 aliphatic rings. The summed E-state index contributed by atoms with van der Waals surface area (Å²) in [5, 5.41) is 3.51. The Hall–Kier alpha value is -3.53. The van der Waals surface area contributed by atoms with E-state index in [9.17, 15) is 9.18 Å². The van der Waals surface area contributed by atoms with E-state index in [4.69, 9.17) is 9.47 Å². The van der Waals surface area contributed by atoms with E-state index in [1.54, 1.807) is 12.4 Å². The van der Waals surface area contributed by atoms with Crippen molar-refractivity contribution >= 4 is 39.8 Å². The smallest absolute Gasteiger partial charge is 0.329 e. The minimum atomic E-state index is -0.718. The lowest BCUT2D eigenvalue weighted by Crippen LogP contribution is -2.41. The minimum absolute atomic E-state index is 0.165. The molecule has 202 valence electrons. The molecule has 3 aromatic rings. The molecular formula is C28H33F2N5O3. The fraction of sp³-hybridized carbons (Fsp3) is 0.464. The van der Waals surface area contributed by atoms with E-state index < -0.39 is 23.3 Å². The molecule has 8 nitrogen and oxygen atoms in total. The fourth-order valence-corrected chi connectivity index (χ4v) is 5.10. The molecule has 0 radical (unpaired) electrons. The first-order valence-corrected chi connectivity index (χ1v) is 12.9. The number of nitrogens with zero attached hydrogens (tertiary/aromatic N) is 4. The van der Waals surface area contributed by atoms with Gasteiger partial charge in [-0.25, -0.2) is 18.6 Å². The first-order valence-electron chi connectivity index (χ1n) is 12.9. The summed E-state index contributed by atoms with van der Waals surface area (Å²) in [6, 6.07) is 3.49. The van der Waals surface area contributed by atoms with Crippen molar-refractivity contribution in [1.29, 1.82) is 0 Å². The number of nitrogens with one attached hydrogen (secondary N) is 1. The van der Waals surface area contributed by atoms with E-state index in [2.05, 4.69) is 20.2 Å². The largest absolute Gasteiger partial charge is 0.458 e. The highest BCUT2D eigenvalue weighted by atomic mass is 19.1. The second-order valence-electron chi connectivity index (χ2n) is 10.8. The van der Waals surface area contributed by atoms with Crippen molar-refractivity contribution < 1.29 is 23.0 Å². The highest BCUT2D eigenvalue weighted by Crippen LogP contribution is 2.39. The van der Waals surface area contributed by atoms with Crippen molar-refractivity contribution in [3.05, 3.63) is 47.8 Å². The number of esters is 1. The molecular weight excluding hydrogens is 492 g/mol. The molecule has 0 aliphatic carbocycles. The maximum atomic E-state index is 15.2. The molecule has 2 saturated heterocycles. The van der Waals surface area contributed by atoms with Gasteiger partial charge in [-0.05, 0) is 46.6 Å². The zero-order valence-corrected chi connectivity index (χ0v) is 22.2. The SMILES string of the molecule is Cc1c(N2CCCC2C(=O)OC(C)(C)C)nc2cc(F)cc(F)c2c1Nc1cncc(N2CCOCC2)c1. The van der Waals surface area contributed by atoms with Crippen LogP contribution in [-0.4, -0.2) is 60.4 Å². The molecule has 2 aromatic heterocycles. The Bertz CT molecular complexity index is 1350. The molecule has 10 heteroatoms. The zero-order chi connectivity index (χ0) is 27.0. The lowest BCUT2D eigenvalue weighted by molar-refractivity contribution is -0.156. The number of carbonyl (C=O) groups excluding carboxylic acids is 1. The summed E-state index contributed by atoms with van der Waals surface area (Å²) in [6.45, 7) is 10.7. The van der Waals surface area contributed by atoms with Crippen molar-refractivity contribution in [1.82, 2.24) is 9.97 Å². The van der Waals surface area contributed by atoms with E-state index in [1.165, 1.54) is 6.07 Å². The third-order valence-corrected chi connectivity index (χ3v) is 6.79. The Kier molecular flexibility index (Phi) is 7.09. The van der Waals surface area contributed by atoms with Crippen LogP contribution >= 0.6 is 0 Å². The Balaban J connectivity index is 1.57. The van der Waals surface area contributed by atoms with Crippen molar-refractivity contribution in [2.45, 2.75) is 52.2 Å². The van der Waals surface area contributed by atoms with Gasteiger partial charge < -0.3 is 24.6 Å². The maximum absolute atomic E-state index is 15.2. The number of anilines is 4. The van der Waals surface area contributed by atoms with Gasteiger partial charge in [0.2, 0.25) is 0 Å². The van der Waals surface area contributed by atoms with Crippen LogP contribution in [-0.2, 0) is 14.3 Å². The lowest BCUT2D eigenvalue weighted by Gasteiger charge is -2.30. The third kappa shape index (κ3) is 5.36. The van der Waals surface area contributed by atoms with Crippen molar-refractivity contribution in [2.24, 2.45) is 0 Å². The Labute approximate surface area is 220 Å². The molecule has 38 heavy (non-hydrogen) atoms. The quantitative estimate of drug-likeness (QED) is 0.461. The van der Waals surface area contributed by atoms with E-state index in [0.29, 0.717) is 48.9 Å². The van der Waals surface area contributed by atoms with Crippen LogP contribution in [0.4, 0.5) is 31.7 Å². The number of pyridine rings is 2. The molecule has 1 N–H and O–H groups in total. The Morgan fingerprint density at radius 3 is 2.63 bits per heavy atom. The average molecular weight is 526 g/mol. The van der Waals surface area contributed by atoms with Gasteiger partial charge in [0.05, 0.1) is 53.6 Å². The van der Waals surface area contributed by atoms with Gasteiger partial charge in [-0.2, -0.15) is 0 Å². The summed E-state index contributed by atoms with van der Waals surface area (Å²) >= 11 is 0. The first-order chi connectivity index (χ1) is 18.1. The summed E-state index contributed by atoms with van der Waals surface area (Å²) in [5.41, 5.74) is 2.22. The van der Waals surface area contributed by atoms with E-state index in [1.807, 2.05) is 38.7 Å². The third-order valence-electron chi connectivity index (χ3n) is 6.79. The van der Waals surface area contributed by atoms with Crippen LogP contribution in [0.25, 0.3) is 10.9 Å². The lowest BCUT2D eigenvalue weighted by atomic mass is 10.1. The van der Waals surface area contributed by atoms with Crippen LogP contribution in [0.3, 0.4) is 0 Å². The number of carbonyl (C=O) groups is 1. The number of hydrogen-bond acceptors (Lipinski definition) is 8. The van der Waals surface area contributed by atoms with Crippen LogP contribution in [0.5, 0.6) is 0 Å². The standard InChI is InChI=1S/C28H33F2N5O3/c1-17-25(32-19-14-20(16-31-15-19)34-8-10-37-11-9-34)24-21(30)12-18(29)13-22(24)33-26(17)35-7-5-6-23(35)27(36)38-28(2,3)4/h12-16,23H,5-11H2,1-4H3,(H,32,33). The van der Waals surface area contributed by atoms with Crippen molar-refractivity contribution in [3.8, 4) is 0 Å². The number of aromatic nitrogens is 2. The molecule has 4 heterocycles. The van der Waals surface area contributed by atoms with Crippen molar-refractivity contribution in [3.63, 3.8) is 0 Å². The molecule has 0 amide bonds. The summed E-state index contributed by atoms with van der Waals surface area (Å²) in [7, 11) is 0. The predicted molar refractivity (Wildman–Crippen MR) is 143 cm³/mol. The summed E-state index contributed by atoms with van der Waals surface area (Å²) in [6.07, 6.45) is 4.83. The zero-order valence-electron chi connectivity index (χ0n) is 22.2. The van der Waals surface area contributed by atoms with Gasteiger partial charge >= 0.3 is 5.97 Å². The monoisotopic (exact) mass is 525 g/mol. The number of fused-ring (bicyclic) bond motifs is 1. The average Bonchev–Trinajstić information content (AvgIpc) is 3.35. The number of halogens is 2. The molecule has 1 unspecified atom stereocenters.